The van der Waals surface area contributed by atoms with Gasteiger partial charge in [0, 0.05) is 11.8 Å². The number of methoxy groups -OCH3 is 1. The van der Waals surface area contributed by atoms with Crippen LogP contribution in [0.5, 0.6) is 5.75 Å². The summed E-state index contributed by atoms with van der Waals surface area (Å²) in [6.07, 6.45) is 1.29. The molecule has 0 aliphatic carbocycles. The van der Waals surface area contributed by atoms with Crippen LogP contribution in [0, 0.1) is 11.6 Å². The van der Waals surface area contributed by atoms with Crippen LogP contribution in [-0.4, -0.2) is 17.9 Å². The molecule has 6 heteroatoms. The number of benzene rings is 2. The number of ether oxygens (including phenoxy) is 1. The number of hydrogen-bond acceptors (Lipinski definition) is 4. The minimum atomic E-state index is -0.805. The second-order valence-electron chi connectivity index (χ2n) is 5.25. The molecule has 0 aliphatic heterocycles. The van der Waals surface area contributed by atoms with Gasteiger partial charge < -0.3 is 10.5 Å². The van der Waals surface area contributed by atoms with Crippen molar-refractivity contribution in [3.8, 4) is 17.0 Å². The number of ketones is 1. The van der Waals surface area contributed by atoms with Gasteiger partial charge >= 0.3 is 0 Å². The van der Waals surface area contributed by atoms with Crippen molar-refractivity contribution in [1.29, 1.82) is 0 Å². The molecule has 0 bridgehead atoms. The average molecular weight is 340 g/mol. The van der Waals surface area contributed by atoms with Crippen molar-refractivity contribution in [1.82, 2.24) is 4.98 Å². The Kier molecular flexibility index (Phi) is 4.43. The Balaban J connectivity index is 2.16. The summed E-state index contributed by atoms with van der Waals surface area (Å²) in [4.78, 5) is 16.8. The van der Waals surface area contributed by atoms with Crippen LogP contribution in [0.1, 0.15) is 15.9 Å². The van der Waals surface area contributed by atoms with Crippen LogP contribution < -0.4 is 10.5 Å². The average Bonchev–Trinajstić information content (AvgIpc) is 2.62. The van der Waals surface area contributed by atoms with Gasteiger partial charge in [-0.2, -0.15) is 0 Å². The van der Waals surface area contributed by atoms with Crippen LogP contribution in [0.4, 0.5) is 14.5 Å². The van der Waals surface area contributed by atoms with Crippen molar-refractivity contribution >= 4 is 11.5 Å². The molecule has 4 nitrogen and oxygen atoms in total. The molecule has 0 spiro atoms. The van der Waals surface area contributed by atoms with Crippen molar-refractivity contribution < 1.29 is 18.3 Å². The molecular weight excluding hydrogens is 326 g/mol. The number of nitrogens with two attached hydrogens (primary N) is 1. The molecule has 25 heavy (non-hydrogen) atoms. The van der Waals surface area contributed by atoms with E-state index in [0.717, 1.165) is 12.1 Å². The maximum atomic E-state index is 14.1. The maximum absolute atomic E-state index is 14.1. The highest BCUT2D eigenvalue weighted by Gasteiger charge is 2.22. The summed E-state index contributed by atoms with van der Waals surface area (Å²) in [5.41, 5.74) is 5.84. The van der Waals surface area contributed by atoms with Gasteiger partial charge in [0.05, 0.1) is 29.6 Å². The monoisotopic (exact) mass is 340 g/mol. The first kappa shape index (κ1) is 16.6. The van der Waals surface area contributed by atoms with Gasteiger partial charge in [-0.05, 0) is 30.3 Å². The van der Waals surface area contributed by atoms with E-state index >= 15 is 0 Å². The zero-order valence-electron chi connectivity index (χ0n) is 13.3. The number of pyridine rings is 1. The number of halogens is 2. The first-order valence-corrected chi connectivity index (χ1v) is 7.41. The van der Waals surface area contributed by atoms with Crippen LogP contribution in [0.25, 0.3) is 11.3 Å². The smallest absolute Gasteiger partial charge is 0.198 e. The Morgan fingerprint density at radius 2 is 1.68 bits per heavy atom. The summed E-state index contributed by atoms with van der Waals surface area (Å²) in [5.74, 6) is -1.65. The highest BCUT2D eigenvalue weighted by atomic mass is 19.1. The van der Waals surface area contributed by atoms with Crippen molar-refractivity contribution in [3.63, 3.8) is 0 Å². The second kappa shape index (κ2) is 6.68. The Morgan fingerprint density at radius 1 is 1.00 bits per heavy atom. The lowest BCUT2D eigenvalue weighted by Crippen LogP contribution is -2.09. The number of para-hydroxylation sites is 1. The number of anilines is 1. The Labute approximate surface area is 142 Å². The quantitative estimate of drug-likeness (QED) is 0.733. The number of nitrogens with zero attached hydrogens (tertiary/aromatic N) is 1. The van der Waals surface area contributed by atoms with Crippen LogP contribution in [-0.2, 0) is 0 Å². The molecule has 2 N–H and O–H groups in total. The van der Waals surface area contributed by atoms with E-state index in [2.05, 4.69) is 4.98 Å². The van der Waals surface area contributed by atoms with Crippen LogP contribution in [0.3, 0.4) is 0 Å². The first-order valence-electron chi connectivity index (χ1n) is 7.41. The van der Waals surface area contributed by atoms with Crippen LogP contribution in [0.15, 0.2) is 54.7 Å². The van der Waals surface area contributed by atoms with Gasteiger partial charge in [0.15, 0.2) is 5.78 Å². The van der Waals surface area contributed by atoms with E-state index < -0.39 is 17.4 Å². The summed E-state index contributed by atoms with van der Waals surface area (Å²) < 4.78 is 33.3. The van der Waals surface area contributed by atoms with Gasteiger partial charge in [-0.25, -0.2) is 8.78 Å². The minimum absolute atomic E-state index is 0.0946. The summed E-state index contributed by atoms with van der Waals surface area (Å²) in [7, 11) is 1.45. The van der Waals surface area contributed by atoms with Gasteiger partial charge in [-0.15, -0.1) is 0 Å². The van der Waals surface area contributed by atoms with Crippen LogP contribution >= 0.6 is 0 Å². The lowest BCUT2D eigenvalue weighted by molar-refractivity contribution is 0.103. The fourth-order valence-electron chi connectivity index (χ4n) is 2.57. The third kappa shape index (κ3) is 2.94. The van der Waals surface area contributed by atoms with E-state index in [-0.39, 0.29) is 22.5 Å². The molecule has 0 unspecified atom stereocenters. The molecule has 126 valence electrons. The molecule has 0 saturated heterocycles. The fraction of sp³-hybridized carbons (Fsp3) is 0.0526. The summed E-state index contributed by atoms with van der Waals surface area (Å²) in [5, 5.41) is 0. The van der Waals surface area contributed by atoms with Crippen LogP contribution in [0.2, 0.25) is 0 Å². The fourth-order valence-corrected chi connectivity index (χ4v) is 2.57. The lowest BCUT2D eigenvalue weighted by Gasteiger charge is -2.12. The van der Waals surface area contributed by atoms with E-state index in [0.29, 0.717) is 11.3 Å². The standard InChI is InChI=1S/C19H14F2N2O2/c1-25-15-8-3-2-5-11(15)19(24)12-9-10-23-18(17(12)22)16-13(20)6-4-7-14(16)21/h2-10H,22H2,1H3. The molecule has 1 aromatic heterocycles. The zero-order valence-corrected chi connectivity index (χ0v) is 13.3. The molecule has 0 amide bonds. The molecule has 0 fully saturated rings. The van der Waals surface area contributed by atoms with E-state index in [1.165, 1.54) is 25.4 Å². The van der Waals surface area contributed by atoms with Crippen molar-refractivity contribution in [2.75, 3.05) is 12.8 Å². The van der Waals surface area contributed by atoms with E-state index in [4.69, 9.17) is 10.5 Å². The van der Waals surface area contributed by atoms with E-state index in [9.17, 15) is 13.6 Å². The lowest BCUT2D eigenvalue weighted by atomic mass is 9.98. The third-order valence-electron chi connectivity index (χ3n) is 3.79. The SMILES string of the molecule is COc1ccccc1C(=O)c1ccnc(-c2c(F)cccc2F)c1N. The predicted molar refractivity (Wildman–Crippen MR) is 90.4 cm³/mol. The summed E-state index contributed by atoms with van der Waals surface area (Å²) in [6, 6.07) is 11.5. The molecule has 2 aromatic carbocycles. The molecule has 0 aliphatic rings. The zero-order chi connectivity index (χ0) is 18.0. The number of nitrogen functional groups attached to an aromatic ring is 1. The van der Waals surface area contributed by atoms with Crippen molar-refractivity contribution in [2.24, 2.45) is 0 Å². The molecule has 0 atom stereocenters. The minimum Gasteiger partial charge on any atom is -0.496 e. The third-order valence-corrected chi connectivity index (χ3v) is 3.79. The number of aromatic nitrogens is 1. The van der Waals surface area contributed by atoms with Gasteiger partial charge in [-0.1, -0.05) is 18.2 Å². The topological polar surface area (TPSA) is 65.2 Å². The molecule has 1 heterocycles. The molecule has 0 radical (unpaired) electrons. The van der Waals surface area contributed by atoms with Crippen molar-refractivity contribution in [3.05, 3.63) is 77.5 Å². The molecular formula is C19H14F2N2O2. The normalized spacial score (nSPS) is 10.5. The number of carbonyl (C=O) groups is 1. The molecule has 3 aromatic rings. The highest BCUT2D eigenvalue weighted by molar-refractivity contribution is 6.14. The Morgan fingerprint density at radius 3 is 2.36 bits per heavy atom. The van der Waals surface area contributed by atoms with Gasteiger partial charge in [0.2, 0.25) is 0 Å². The van der Waals surface area contributed by atoms with Crippen molar-refractivity contribution in [2.45, 2.75) is 0 Å². The van der Waals surface area contributed by atoms with Gasteiger partial charge in [0.25, 0.3) is 0 Å². The number of hydrogen-bond donors (Lipinski definition) is 1. The maximum Gasteiger partial charge on any atom is 0.198 e. The molecule has 0 saturated carbocycles. The first-order chi connectivity index (χ1) is 12.0. The number of carbonyl (C=O) groups excluding carboxylic acids is 1. The summed E-state index contributed by atoms with van der Waals surface area (Å²) in [6.45, 7) is 0. The summed E-state index contributed by atoms with van der Waals surface area (Å²) >= 11 is 0. The van der Waals surface area contributed by atoms with Gasteiger partial charge in [-0.3, -0.25) is 9.78 Å². The highest BCUT2D eigenvalue weighted by Crippen LogP contribution is 2.32. The molecule has 3 rings (SSSR count). The van der Waals surface area contributed by atoms with E-state index in [1.54, 1.807) is 24.3 Å². The Bertz CT molecular complexity index is 938. The van der Waals surface area contributed by atoms with Gasteiger partial charge in [0.1, 0.15) is 17.4 Å². The van der Waals surface area contributed by atoms with E-state index in [1.807, 2.05) is 0 Å². The number of rotatable bonds is 4. The Hall–Kier alpha value is -3.28. The second-order valence-corrected chi connectivity index (χ2v) is 5.25. The predicted octanol–water partition coefficient (Wildman–Crippen LogP) is 3.85. The largest absolute Gasteiger partial charge is 0.496 e.